The third kappa shape index (κ3) is 4.47. The lowest BCUT2D eigenvalue weighted by Gasteiger charge is -2.41. The van der Waals surface area contributed by atoms with Gasteiger partial charge in [-0.15, -0.1) is 0 Å². The van der Waals surface area contributed by atoms with Crippen LogP contribution in [0, 0.1) is 0 Å². The topological polar surface area (TPSA) is 79.7 Å². The molecule has 1 fully saturated rings. The Morgan fingerprint density at radius 1 is 1.48 bits per heavy atom. The number of hydrogen-bond acceptors (Lipinski definition) is 5. The predicted molar refractivity (Wildman–Crippen MR) is 79.3 cm³/mol. The van der Waals surface area contributed by atoms with Crippen LogP contribution >= 0.6 is 0 Å². The van der Waals surface area contributed by atoms with Gasteiger partial charge in [-0.25, -0.2) is 8.42 Å². The van der Waals surface area contributed by atoms with E-state index in [0.717, 1.165) is 5.69 Å². The Labute approximate surface area is 125 Å². The molecule has 118 valence electrons. The van der Waals surface area contributed by atoms with Crippen molar-refractivity contribution >= 4 is 10.0 Å². The lowest BCUT2D eigenvalue weighted by Crippen LogP contribution is -2.56. The van der Waals surface area contributed by atoms with Crippen LogP contribution < -0.4 is 0 Å². The number of ether oxygens (including phenoxy) is 1. The number of hydrogen-bond donors (Lipinski definition) is 1. The van der Waals surface area contributed by atoms with Crippen molar-refractivity contribution in [1.29, 1.82) is 0 Å². The molecule has 0 aliphatic carbocycles. The van der Waals surface area contributed by atoms with Crippen LogP contribution in [0.4, 0.5) is 0 Å². The summed E-state index contributed by atoms with van der Waals surface area (Å²) >= 11 is 0. The van der Waals surface area contributed by atoms with Gasteiger partial charge < -0.3 is 9.84 Å². The average molecular weight is 314 g/mol. The van der Waals surface area contributed by atoms with Gasteiger partial charge in [-0.05, 0) is 26.0 Å². The molecule has 1 aliphatic heterocycles. The highest BCUT2D eigenvalue weighted by Crippen LogP contribution is 2.23. The molecule has 0 spiro atoms. The number of aryl methyl sites for hydroxylation is 1. The molecular formula is C14H22N2O4S. The predicted octanol–water partition coefficient (Wildman–Crippen LogP) is 0.426. The van der Waals surface area contributed by atoms with Gasteiger partial charge in [0.05, 0.1) is 24.1 Å². The largest absolute Gasteiger partial charge is 0.394 e. The molecule has 1 aromatic heterocycles. The van der Waals surface area contributed by atoms with Crippen molar-refractivity contribution in [2.75, 3.05) is 25.4 Å². The number of aliphatic hydroxyl groups is 1. The summed E-state index contributed by atoms with van der Waals surface area (Å²) in [4.78, 5) is 4.14. The molecule has 0 aromatic carbocycles. The SMILES string of the molecule is CC1(C)CN(S(=O)(=O)CCc2ccccn2)CC(CO)O1. The van der Waals surface area contributed by atoms with Crippen LogP contribution in [0.3, 0.4) is 0 Å². The number of aliphatic hydroxyl groups excluding tert-OH is 1. The number of pyridine rings is 1. The number of nitrogens with zero attached hydrogens (tertiary/aromatic N) is 2. The minimum atomic E-state index is -3.39. The quantitative estimate of drug-likeness (QED) is 0.852. The van der Waals surface area contributed by atoms with Crippen molar-refractivity contribution in [2.45, 2.75) is 32.0 Å². The highest BCUT2D eigenvalue weighted by molar-refractivity contribution is 7.89. The fraction of sp³-hybridized carbons (Fsp3) is 0.643. The first-order valence-corrected chi connectivity index (χ1v) is 8.60. The molecule has 1 aliphatic rings. The van der Waals surface area contributed by atoms with E-state index in [2.05, 4.69) is 4.98 Å². The summed E-state index contributed by atoms with van der Waals surface area (Å²) in [5.41, 5.74) is 0.163. The molecule has 21 heavy (non-hydrogen) atoms. The van der Waals surface area contributed by atoms with Crippen molar-refractivity contribution < 1.29 is 18.3 Å². The zero-order valence-corrected chi connectivity index (χ0v) is 13.2. The van der Waals surface area contributed by atoms with Gasteiger partial charge in [0.15, 0.2) is 0 Å². The van der Waals surface area contributed by atoms with Crippen molar-refractivity contribution in [2.24, 2.45) is 0 Å². The van der Waals surface area contributed by atoms with E-state index in [0.29, 0.717) is 13.0 Å². The molecule has 0 saturated carbocycles. The van der Waals surface area contributed by atoms with Gasteiger partial charge in [0, 0.05) is 31.4 Å². The first-order valence-electron chi connectivity index (χ1n) is 6.99. The Morgan fingerprint density at radius 2 is 2.24 bits per heavy atom. The number of sulfonamides is 1. The van der Waals surface area contributed by atoms with Crippen molar-refractivity contribution in [3.05, 3.63) is 30.1 Å². The first-order chi connectivity index (χ1) is 9.82. The van der Waals surface area contributed by atoms with Gasteiger partial charge in [0.2, 0.25) is 10.0 Å². The van der Waals surface area contributed by atoms with E-state index in [4.69, 9.17) is 4.74 Å². The van der Waals surface area contributed by atoms with Crippen LogP contribution in [0.5, 0.6) is 0 Å². The van der Waals surface area contributed by atoms with E-state index in [-0.39, 0.29) is 18.9 Å². The zero-order valence-electron chi connectivity index (χ0n) is 12.4. The average Bonchev–Trinajstić information content (AvgIpc) is 2.44. The summed E-state index contributed by atoms with van der Waals surface area (Å²) in [7, 11) is -3.39. The van der Waals surface area contributed by atoms with E-state index in [9.17, 15) is 13.5 Å². The smallest absolute Gasteiger partial charge is 0.214 e. The summed E-state index contributed by atoms with van der Waals surface area (Å²) < 4.78 is 32.0. The first kappa shape index (κ1) is 16.4. The monoisotopic (exact) mass is 314 g/mol. The third-order valence-corrected chi connectivity index (χ3v) is 5.17. The second-order valence-electron chi connectivity index (χ2n) is 5.86. The van der Waals surface area contributed by atoms with Crippen molar-refractivity contribution in [1.82, 2.24) is 9.29 Å². The van der Waals surface area contributed by atoms with Gasteiger partial charge in [-0.1, -0.05) is 6.07 Å². The van der Waals surface area contributed by atoms with E-state index >= 15 is 0 Å². The number of rotatable bonds is 5. The lowest BCUT2D eigenvalue weighted by molar-refractivity contribution is -0.131. The Bertz CT molecular complexity index is 560. The van der Waals surface area contributed by atoms with Crippen LogP contribution in [0.2, 0.25) is 0 Å². The van der Waals surface area contributed by atoms with E-state index in [1.165, 1.54) is 4.31 Å². The fourth-order valence-electron chi connectivity index (χ4n) is 2.46. The summed E-state index contributed by atoms with van der Waals surface area (Å²) in [5, 5.41) is 9.26. The van der Waals surface area contributed by atoms with Crippen molar-refractivity contribution in [3.8, 4) is 0 Å². The Kier molecular flexibility index (Phi) is 4.98. The molecule has 1 unspecified atom stereocenters. The standard InChI is InChI=1S/C14H22N2O4S/c1-14(2)11-16(9-13(10-17)20-14)21(18,19)8-6-12-5-3-4-7-15-12/h3-5,7,13,17H,6,8-11H2,1-2H3. The maximum absolute atomic E-state index is 12.5. The second kappa shape index (κ2) is 6.39. The summed E-state index contributed by atoms with van der Waals surface area (Å²) in [6, 6.07) is 5.46. The van der Waals surface area contributed by atoms with Crippen LogP contribution in [-0.4, -0.2) is 60.0 Å². The second-order valence-corrected chi connectivity index (χ2v) is 7.95. The fourth-order valence-corrected chi connectivity index (χ4v) is 4.08. The molecule has 0 amide bonds. The normalized spacial score (nSPS) is 23.1. The van der Waals surface area contributed by atoms with E-state index in [1.54, 1.807) is 12.3 Å². The Morgan fingerprint density at radius 3 is 2.86 bits per heavy atom. The molecular weight excluding hydrogens is 292 g/mol. The molecule has 6 nitrogen and oxygen atoms in total. The summed E-state index contributed by atoms with van der Waals surface area (Å²) in [5.74, 6) is 0.0121. The molecule has 1 aromatic rings. The van der Waals surface area contributed by atoms with E-state index < -0.39 is 21.7 Å². The van der Waals surface area contributed by atoms with E-state index in [1.807, 2.05) is 26.0 Å². The Hall–Kier alpha value is -1.02. The van der Waals surface area contributed by atoms with Gasteiger partial charge in [0.25, 0.3) is 0 Å². The summed E-state index contributed by atoms with van der Waals surface area (Å²) in [6.45, 7) is 3.97. The highest BCUT2D eigenvalue weighted by atomic mass is 32.2. The highest BCUT2D eigenvalue weighted by Gasteiger charge is 2.38. The third-order valence-electron chi connectivity index (χ3n) is 3.39. The molecule has 1 N–H and O–H groups in total. The lowest BCUT2D eigenvalue weighted by atomic mass is 10.1. The van der Waals surface area contributed by atoms with Crippen LogP contribution in [-0.2, 0) is 21.2 Å². The van der Waals surface area contributed by atoms with Gasteiger partial charge >= 0.3 is 0 Å². The Balaban J connectivity index is 2.04. The number of morpholine rings is 1. The van der Waals surface area contributed by atoms with Gasteiger partial charge in [-0.3, -0.25) is 4.98 Å². The minimum absolute atomic E-state index is 0.0121. The minimum Gasteiger partial charge on any atom is -0.394 e. The van der Waals surface area contributed by atoms with Crippen LogP contribution in [0.25, 0.3) is 0 Å². The molecule has 7 heteroatoms. The maximum atomic E-state index is 12.5. The maximum Gasteiger partial charge on any atom is 0.214 e. The molecule has 2 heterocycles. The molecule has 1 saturated heterocycles. The zero-order chi connectivity index (χ0) is 15.5. The van der Waals surface area contributed by atoms with Gasteiger partial charge in [0.1, 0.15) is 0 Å². The molecule has 2 rings (SSSR count). The van der Waals surface area contributed by atoms with Crippen LogP contribution in [0.1, 0.15) is 19.5 Å². The van der Waals surface area contributed by atoms with Crippen LogP contribution in [0.15, 0.2) is 24.4 Å². The number of aromatic nitrogens is 1. The molecule has 0 radical (unpaired) electrons. The molecule has 0 bridgehead atoms. The van der Waals surface area contributed by atoms with Gasteiger partial charge in [-0.2, -0.15) is 4.31 Å². The molecule has 1 atom stereocenters. The van der Waals surface area contributed by atoms with Crippen molar-refractivity contribution in [3.63, 3.8) is 0 Å². The summed E-state index contributed by atoms with van der Waals surface area (Å²) in [6.07, 6.45) is 1.56.